The van der Waals surface area contributed by atoms with Gasteiger partial charge in [-0.1, -0.05) is 13.8 Å². The van der Waals surface area contributed by atoms with Gasteiger partial charge in [0.1, 0.15) is 11.6 Å². The molecule has 1 saturated heterocycles. The van der Waals surface area contributed by atoms with Crippen LogP contribution < -0.4 is 0 Å². The van der Waals surface area contributed by atoms with Crippen molar-refractivity contribution in [2.45, 2.75) is 78.4 Å². The second-order valence-electron chi connectivity index (χ2n) is 8.83. The SMILES string of the molecule is CC1(C)CCC2(CC1)CC(C(=O)O)N(C(=O)OC(C)(C)C)C2. The first-order chi connectivity index (χ1) is 9.93. The summed E-state index contributed by atoms with van der Waals surface area (Å²) in [6, 6.07) is -0.754. The minimum Gasteiger partial charge on any atom is -0.480 e. The Labute approximate surface area is 133 Å². The summed E-state index contributed by atoms with van der Waals surface area (Å²) in [5.74, 6) is -0.924. The molecule has 5 nitrogen and oxygen atoms in total. The van der Waals surface area contributed by atoms with Crippen LogP contribution in [0.3, 0.4) is 0 Å². The fourth-order valence-corrected chi connectivity index (χ4v) is 3.61. The Bertz CT molecular complexity index is 454. The van der Waals surface area contributed by atoms with E-state index < -0.39 is 23.7 Å². The van der Waals surface area contributed by atoms with Crippen LogP contribution in [-0.4, -0.2) is 40.3 Å². The van der Waals surface area contributed by atoms with E-state index in [1.807, 2.05) is 0 Å². The smallest absolute Gasteiger partial charge is 0.411 e. The second kappa shape index (κ2) is 5.43. The van der Waals surface area contributed by atoms with Crippen molar-refractivity contribution in [3.8, 4) is 0 Å². The maximum absolute atomic E-state index is 12.4. The van der Waals surface area contributed by atoms with Crippen molar-refractivity contribution in [2.24, 2.45) is 10.8 Å². The quantitative estimate of drug-likeness (QED) is 0.802. The molecule has 0 radical (unpaired) electrons. The summed E-state index contributed by atoms with van der Waals surface area (Å²) < 4.78 is 5.40. The van der Waals surface area contributed by atoms with Gasteiger partial charge in [-0.15, -0.1) is 0 Å². The van der Waals surface area contributed by atoms with Gasteiger partial charge in [-0.25, -0.2) is 9.59 Å². The van der Waals surface area contributed by atoms with Crippen LogP contribution in [0.5, 0.6) is 0 Å². The minimum atomic E-state index is -0.924. The summed E-state index contributed by atoms with van der Waals surface area (Å²) in [5, 5.41) is 9.50. The molecule has 1 heterocycles. The zero-order valence-corrected chi connectivity index (χ0v) is 14.4. The molecule has 0 aromatic heterocycles. The highest BCUT2D eigenvalue weighted by molar-refractivity contribution is 5.81. The highest BCUT2D eigenvalue weighted by atomic mass is 16.6. The first-order valence-electron chi connectivity index (χ1n) is 8.16. The number of hydrogen-bond donors (Lipinski definition) is 1. The van der Waals surface area contributed by atoms with Gasteiger partial charge in [0.15, 0.2) is 0 Å². The number of carboxylic acids is 1. The molecular formula is C17H29NO4. The van der Waals surface area contributed by atoms with Gasteiger partial charge in [0.2, 0.25) is 0 Å². The number of carbonyl (C=O) groups excluding carboxylic acids is 1. The summed E-state index contributed by atoms with van der Waals surface area (Å²) in [6.07, 6.45) is 4.20. The van der Waals surface area contributed by atoms with Crippen LogP contribution in [0.25, 0.3) is 0 Å². The maximum Gasteiger partial charge on any atom is 0.411 e. The molecule has 1 aliphatic carbocycles. The molecule has 2 rings (SSSR count). The van der Waals surface area contributed by atoms with Crippen LogP contribution in [0.15, 0.2) is 0 Å². The molecule has 1 N–H and O–H groups in total. The molecule has 0 aromatic rings. The normalized spacial score (nSPS) is 27.0. The monoisotopic (exact) mass is 311 g/mol. The van der Waals surface area contributed by atoms with Crippen molar-refractivity contribution in [3.05, 3.63) is 0 Å². The van der Waals surface area contributed by atoms with E-state index in [2.05, 4.69) is 13.8 Å². The first-order valence-corrected chi connectivity index (χ1v) is 8.16. The number of aliphatic carboxylic acids is 1. The third kappa shape index (κ3) is 3.73. The van der Waals surface area contributed by atoms with Gasteiger partial charge in [0.25, 0.3) is 0 Å². The maximum atomic E-state index is 12.4. The summed E-state index contributed by atoms with van der Waals surface area (Å²) in [4.78, 5) is 25.4. The van der Waals surface area contributed by atoms with E-state index in [0.717, 1.165) is 25.7 Å². The van der Waals surface area contributed by atoms with Crippen LogP contribution >= 0.6 is 0 Å². The van der Waals surface area contributed by atoms with E-state index in [1.165, 1.54) is 4.90 Å². The number of rotatable bonds is 1. The minimum absolute atomic E-state index is 0.0461. The summed E-state index contributed by atoms with van der Waals surface area (Å²) in [6.45, 7) is 10.4. The van der Waals surface area contributed by atoms with E-state index in [1.54, 1.807) is 20.8 Å². The van der Waals surface area contributed by atoms with Crippen molar-refractivity contribution < 1.29 is 19.4 Å². The zero-order valence-electron chi connectivity index (χ0n) is 14.4. The summed E-state index contributed by atoms with van der Waals surface area (Å²) >= 11 is 0. The molecule has 126 valence electrons. The molecule has 22 heavy (non-hydrogen) atoms. The van der Waals surface area contributed by atoms with Gasteiger partial charge >= 0.3 is 12.1 Å². The lowest BCUT2D eigenvalue weighted by molar-refractivity contribution is -0.142. The molecule has 2 aliphatic rings. The number of carboxylic acid groups (broad SMARTS) is 1. The highest BCUT2D eigenvalue weighted by Crippen LogP contribution is 2.51. The molecule has 1 unspecified atom stereocenters. The van der Waals surface area contributed by atoms with Crippen molar-refractivity contribution in [2.75, 3.05) is 6.54 Å². The Balaban J connectivity index is 2.13. The molecule has 1 saturated carbocycles. The lowest BCUT2D eigenvalue weighted by Gasteiger charge is -2.41. The highest BCUT2D eigenvalue weighted by Gasteiger charge is 2.51. The van der Waals surface area contributed by atoms with E-state index in [0.29, 0.717) is 18.4 Å². The lowest BCUT2D eigenvalue weighted by Crippen LogP contribution is -2.43. The van der Waals surface area contributed by atoms with Crippen LogP contribution in [-0.2, 0) is 9.53 Å². The molecule has 0 aromatic carbocycles. The van der Waals surface area contributed by atoms with Crippen LogP contribution in [0, 0.1) is 10.8 Å². The van der Waals surface area contributed by atoms with Gasteiger partial charge in [0.05, 0.1) is 0 Å². The van der Waals surface area contributed by atoms with Crippen molar-refractivity contribution in [1.82, 2.24) is 4.90 Å². The molecule has 1 spiro atoms. The third-order valence-corrected chi connectivity index (χ3v) is 5.09. The number of amides is 1. The van der Waals surface area contributed by atoms with Gasteiger partial charge in [-0.05, 0) is 63.7 Å². The number of likely N-dealkylation sites (tertiary alicyclic amines) is 1. The van der Waals surface area contributed by atoms with Crippen LogP contribution in [0.1, 0.15) is 66.7 Å². The molecule has 0 bridgehead atoms. The lowest BCUT2D eigenvalue weighted by atomic mass is 9.64. The second-order valence-corrected chi connectivity index (χ2v) is 8.83. The van der Waals surface area contributed by atoms with Crippen LogP contribution in [0.2, 0.25) is 0 Å². The molecular weight excluding hydrogens is 282 g/mol. The Morgan fingerprint density at radius 2 is 1.68 bits per heavy atom. The standard InChI is InChI=1S/C17H29NO4/c1-15(2,3)22-14(21)18-11-17(10-12(18)13(19)20)8-6-16(4,5)7-9-17/h12H,6-11H2,1-5H3,(H,19,20). The summed E-state index contributed by atoms with van der Waals surface area (Å²) in [5.41, 5.74) is -0.330. The van der Waals surface area contributed by atoms with E-state index in [9.17, 15) is 14.7 Å². The van der Waals surface area contributed by atoms with Crippen LogP contribution in [0.4, 0.5) is 4.79 Å². The number of carbonyl (C=O) groups is 2. The Kier molecular flexibility index (Phi) is 4.22. The van der Waals surface area contributed by atoms with E-state index >= 15 is 0 Å². The first kappa shape index (κ1) is 17.1. The van der Waals surface area contributed by atoms with E-state index in [-0.39, 0.29) is 5.41 Å². The van der Waals surface area contributed by atoms with Crippen molar-refractivity contribution >= 4 is 12.1 Å². The molecule has 1 atom stereocenters. The van der Waals surface area contributed by atoms with Gasteiger partial charge in [-0.2, -0.15) is 0 Å². The van der Waals surface area contributed by atoms with Gasteiger partial charge in [0, 0.05) is 6.54 Å². The Morgan fingerprint density at radius 3 is 2.14 bits per heavy atom. The summed E-state index contributed by atoms with van der Waals surface area (Å²) in [7, 11) is 0. The fraction of sp³-hybridized carbons (Fsp3) is 0.882. The van der Waals surface area contributed by atoms with Crippen molar-refractivity contribution in [1.29, 1.82) is 0 Å². The number of nitrogens with zero attached hydrogens (tertiary/aromatic N) is 1. The molecule has 1 aliphatic heterocycles. The topological polar surface area (TPSA) is 66.8 Å². The molecule has 5 heteroatoms. The molecule has 1 amide bonds. The zero-order chi connectivity index (χ0) is 16.8. The molecule has 2 fully saturated rings. The predicted octanol–water partition coefficient (Wildman–Crippen LogP) is 3.67. The van der Waals surface area contributed by atoms with E-state index in [4.69, 9.17) is 4.74 Å². The Morgan fingerprint density at radius 1 is 1.14 bits per heavy atom. The van der Waals surface area contributed by atoms with Crippen molar-refractivity contribution in [3.63, 3.8) is 0 Å². The number of ether oxygens (including phenoxy) is 1. The predicted molar refractivity (Wildman–Crippen MR) is 83.7 cm³/mol. The largest absolute Gasteiger partial charge is 0.480 e. The van der Waals surface area contributed by atoms with Gasteiger partial charge < -0.3 is 9.84 Å². The average Bonchev–Trinajstić information content (AvgIpc) is 2.72. The number of hydrogen-bond acceptors (Lipinski definition) is 3. The third-order valence-electron chi connectivity index (χ3n) is 5.09. The Hall–Kier alpha value is -1.26. The van der Waals surface area contributed by atoms with Gasteiger partial charge in [-0.3, -0.25) is 4.90 Å². The average molecular weight is 311 g/mol. The fourth-order valence-electron chi connectivity index (χ4n) is 3.61.